The number of sulfonamides is 1. The van der Waals surface area contributed by atoms with Crippen LogP contribution in [-0.2, 0) is 27.7 Å². The average Bonchev–Trinajstić information content (AvgIpc) is 3.41. The van der Waals surface area contributed by atoms with Gasteiger partial charge in [-0.05, 0) is 52.3 Å². The van der Waals surface area contributed by atoms with Gasteiger partial charge in [0.1, 0.15) is 22.4 Å². The van der Waals surface area contributed by atoms with Crippen molar-refractivity contribution in [2.24, 2.45) is 0 Å². The zero-order valence-electron chi connectivity index (χ0n) is 20.6. The van der Waals surface area contributed by atoms with Gasteiger partial charge < -0.3 is 9.47 Å². The third kappa shape index (κ3) is 6.07. The minimum absolute atomic E-state index is 0.0685. The lowest BCUT2D eigenvalue weighted by atomic mass is 10.1. The first-order valence-corrected chi connectivity index (χ1v) is 13.3. The zero-order valence-corrected chi connectivity index (χ0v) is 22.2. The summed E-state index contributed by atoms with van der Waals surface area (Å²) in [7, 11) is -4.18. The van der Waals surface area contributed by atoms with Crippen LogP contribution in [0, 0.1) is 0 Å². The Morgan fingerprint density at radius 2 is 2.11 bits per heavy atom. The number of nitrogens with one attached hydrogen (secondary N) is 2. The lowest BCUT2D eigenvalue weighted by Crippen LogP contribution is -2.43. The van der Waals surface area contributed by atoms with E-state index in [2.05, 4.69) is 25.1 Å². The molecule has 1 atom stereocenters. The third-order valence-electron chi connectivity index (χ3n) is 5.30. The number of hydrogen-bond acceptors (Lipinski definition) is 9. The molecular formula is C22H27ClN6O7S. The van der Waals surface area contributed by atoms with Crippen LogP contribution in [0.2, 0.25) is 5.15 Å². The van der Waals surface area contributed by atoms with E-state index in [1.807, 2.05) is 6.92 Å². The number of hydrogen-bond donors (Lipinski definition) is 2. The number of fused-ring (bicyclic) bond motifs is 1. The van der Waals surface area contributed by atoms with Gasteiger partial charge in [0.15, 0.2) is 11.0 Å². The number of benzene rings is 1. The van der Waals surface area contributed by atoms with E-state index in [1.54, 1.807) is 32.9 Å². The van der Waals surface area contributed by atoms with Gasteiger partial charge >= 0.3 is 11.8 Å². The van der Waals surface area contributed by atoms with Crippen molar-refractivity contribution in [2.75, 3.05) is 16.2 Å². The first-order chi connectivity index (χ1) is 17.4. The summed E-state index contributed by atoms with van der Waals surface area (Å²) >= 11 is 6.20. The summed E-state index contributed by atoms with van der Waals surface area (Å²) in [5.41, 5.74) is -0.195. The number of rotatable bonds is 7. The van der Waals surface area contributed by atoms with Crippen LogP contribution in [0.15, 0.2) is 38.6 Å². The van der Waals surface area contributed by atoms with Crippen molar-refractivity contribution in [1.29, 1.82) is 0 Å². The first kappa shape index (κ1) is 26.5. The van der Waals surface area contributed by atoms with Crippen LogP contribution in [-0.4, -0.2) is 52.7 Å². The maximum absolute atomic E-state index is 13.8. The summed E-state index contributed by atoms with van der Waals surface area (Å²) in [6.07, 6.45) is 0.697. The Morgan fingerprint density at radius 3 is 2.73 bits per heavy atom. The highest BCUT2D eigenvalue weighted by molar-refractivity contribution is 7.93. The van der Waals surface area contributed by atoms with Crippen molar-refractivity contribution < 1.29 is 27.2 Å². The fourth-order valence-corrected chi connectivity index (χ4v) is 5.64. The Kier molecular flexibility index (Phi) is 7.24. The van der Waals surface area contributed by atoms with Crippen LogP contribution >= 0.6 is 11.6 Å². The smallest absolute Gasteiger partial charge is 0.438 e. The number of ether oxygens (including phenoxy) is 2. The van der Waals surface area contributed by atoms with E-state index >= 15 is 0 Å². The van der Waals surface area contributed by atoms with E-state index in [4.69, 9.17) is 21.1 Å². The van der Waals surface area contributed by atoms with Gasteiger partial charge in [0.05, 0.1) is 12.2 Å². The molecule has 0 unspecified atom stereocenters. The molecule has 0 radical (unpaired) electrons. The first-order valence-electron chi connectivity index (χ1n) is 11.5. The second-order valence-electron chi connectivity index (χ2n) is 9.31. The molecule has 3 aromatic rings. The minimum Gasteiger partial charge on any atom is -0.486 e. The molecular weight excluding hydrogens is 528 g/mol. The molecule has 1 aliphatic rings. The predicted molar refractivity (Wildman–Crippen MR) is 134 cm³/mol. The van der Waals surface area contributed by atoms with Gasteiger partial charge in [-0.2, -0.15) is 5.10 Å². The molecule has 200 valence electrons. The van der Waals surface area contributed by atoms with Gasteiger partial charge in [-0.3, -0.25) is 23.8 Å². The van der Waals surface area contributed by atoms with E-state index in [0.717, 1.165) is 0 Å². The van der Waals surface area contributed by atoms with Gasteiger partial charge in [-0.1, -0.05) is 16.8 Å². The molecule has 4 rings (SSSR count). The largest absolute Gasteiger partial charge is 0.486 e. The molecule has 2 aromatic heterocycles. The molecule has 0 spiro atoms. The van der Waals surface area contributed by atoms with Crippen molar-refractivity contribution in [1.82, 2.24) is 19.9 Å². The van der Waals surface area contributed by atoms with Gasteiger partial charge in [-0.15, -0.1) is 0 Å². The van der Waals surface area contributed by atoms with E-state index in [-0.39, 0.29) is 34.5 Å². The molecule has 1 aliphatic heterocycles. The van der Waals surface area contributed by atoms with Gasteiger partial charge in [-0.25, -0.2) is 18.0 Å². The molecule has 2 N–H and O–H groups in total. The lowest BCUT2D eigenvalue weighted by Gasteiger charge is -2.35. The Bertz CT molecular complexity index is 1460. The van der Waals surface area contributed by atoms with Crippen molar-refractivity contribution >= 4 is 39.1 Å². The quantitative estimate of drug-likeness (QED) is 0.446. The summed E-state index contributed by atoms with van der Waals surface area (Å²) in [4.78, 5) is 25.8. The number of halogens is 1. The molecule has 0 fully saturated rings. The number of carbonyl (C=O) groups is 1. The second kappa shape index (κ2) is 10.1. The number of aromatic amines is 1. The number of H-pyrrole nitrogens is 1. The van der Waals surface area contributed by atoms with Crippen LogP contribution in [0.1, 0.15) is 39.9 Å². The average molecular weight is 555 g/mol. The minimum atomic E-state index is -4.18. The summed E-state index contributed by atoms with van der Waals surface area (Å²) in [5.74, 6) is -0.0816. The summed E-state index contributed by atoms with van der Waals surface area (Å²) in [6.45, 7) is 7.37. The molecule has 1 aromatic carbocycles. The molecule has 0 bridgehead atoms. The van der Waals surface area contributed by atoms with Crippen LogP contribution < -0.4 is 20.1 Å². The Hall–Kier alpha value is -3.52. The predicted octanol–water partition coefficient (Wildman–Crippen LogP) is 3.17. The lowest BCUT2D eigenvalue weighted by molar-refractivity contribution is 0.0636. The highest BCUT2D eigenvalue weighted by Crippen LogP contribution is 2.40. The van der Waals surface area contributed by atoms with Crippen molar-refractivity contribution in [3.63, 3.8) is 0 Å². The van der Waals surface area contributed by atoms with Crippen LogP contribution in [0.4, 0.5) is 16.2 Å². The van der Waals surface area contributed by atoms with Crippen molar-refractivity contribution in [3.8, 4) is 5.75 Å². The maximum atomic E-state index is 13.8. The number of aromatic nitrogens is 4. The number of aryl methyl sites for hydroxylation is 2. The van der Waals surface area contributed by atoms with Crippen molar-refractivity contribution in [3.05, 3.63) is 45.9 Å². The summed E-state index contributed by atoms with van der Waals surface area (Å²) < 4.78 is 46.1. The van der Waals surface area contributed by atoms with E-state index in [1.165, 1.54) is 21.3 Å². The standard InChI is InChI=1S/C22H27ClN6O7S/c1-5-28-12-17(19(23)26-28)37(32,33)29-11-14(7-9-18-25-21(31)36-27-18)34-16-8-6-13(10-15(16)29)24-20(30)35-22(2,3)4/h6,8,10,12,14H,5,7,9,11H2,1-4H3,(H,24,30)(H,25,27,31)/t14-/m0/s1. The monoisotopic (exact) mass is 554 g/mol. The molecule has 0 saturated carbocycles. The second-order valence-corrected chi connectivity index (χ2v) is 11.5. The molecule has 3 heterocycles. The number of nitrogens with zero attached hydrogens (tertiary/aromatic N) is 4. The van der Waals surface area contributed by atoms with E-state index < -0.39 is 33.6 Å². The fourth-order valence-electron chi connectivity index (χ4n) is 3.69. The van der Waals surface area contributed by atoms with Crippen molar-refractivity contribution in [2.45, 2.75) is 63.7 Å². The van der Waals surface area contributed by atoms with E-state index in [0.29, 0.717) is 24.5 Å². The van der Waals surface area contributed by atoms with Crippen LogP contribution in [0.25, 0.3) is 0 Å². The van der Waals surface area contributed by atoms with Gasteiger partial charge in [0.25, 0.3) is 10.0 Å². The van der Waals surface area contributed by atoms with Gasteiger partial charge in [0, 0.05) is 24.8 Å². The maximum Gasteiger partial charge on any atom is 0.438 e. The topological polar surface area (TPSA) is 162 Å². The van der Waals surface area contributed by atoms with Crippen LogP contribution in [0.5, 0.6) is 5.75 Å². The zero-order chi connectivity index (χ0) is 27.0. The summed E-state index contributed by atoms with van der Waals surface area (Å²) in [5, 5.41) is 10.1. The molecule has 0 saturated heterocycles. The number of anilines is 2. The molecule has 15 heteroatoms. The molecule has 1 amide bonds. The molecule has 0 aliphatic carbocycles. The number of amides is 1. The van der Waals surface area contributed by atoms with Gasteiger partial charge in [0.2, 0.25) is 0 Å². The highest BCUT2D eigenvalue weighted by Gasteiger charge is 2.37. The number of carbonyl (C=O) groups excluding carboxylic acids is 1. The third-order valence-corrected chi connectivity index (χ3v) is 7.47. The Labute approximate surface area is 217 Å². The Balaban J connectivity index is 1.67. The fraction of sp³-hybridized carbons (Fsp3) is 0.455. The molecule has 37 heavy (non-hydrogen) atoms. The van der Waals surface area contributed by atoms with E-state index in [9.17, 15) is 18.0 Å². The molecule has 13 nitrogen and oxygen atoms in total. The Morgan fingerprint density at radius 1 is 1.35 bits per heavy atom. The SMILES string of the molecule is CCn1cc(S(=O)(=O)N2C[C@H](CCc3noc(=O)[nH]3)Oc3ccc(NC(=O)OC(C)(C)C)cc32)c(Cl)n1. The summed E-state index contributed by atoms with van der Waals surface area (Å²) in [6, 6.07) is 4.62. The van der Waals surface area contributed by atoms with Crippen LogP contribution in [0.3, 0.4) is 0 Å². The normalized spacial score (nSPS) is 15.7. The highest BCUT2D eigenvalue weighted by atomic mass is 35.5.